The van der Waals surface area contributed by atoms with Gasteiger partial charge in [-0.3, -0.25) is 15.0 Å². The van der Waals surface area contributed by atoms with Gasteiger partial charge in [0.25, 0.3) is 0 Å². The Morgan fingerprint density at radius 2 is 2.00 bits per heavy atom. The molecule has 0 bridgehead atoms. The number of rotatable bonds is 3. The van der Waals surface area contributed by atoms with Crippen LogP contribution in [0.5, 0.6) is 0 Å². The minimum atomic E-state index is -0.359. The van der Waals surface area contributed by atoms with Crippen LogP contribution in [0.15, 0.2) is 24.3 Å². The van der Waals surface area contributed by atoms with Crippen molar-refractivity contribution in [1.82, 2.24) is 5.32 Å². The fraction of sp³-hybridized carbons (Fsp3) is 0.333. The van der Waals surface area contributed by atoms with E-state index in [0.717, 1.165) is 28.5 Å². The van der Waals surface area contributed by atoms with Crippen molar-refractivity contribution in [2.24, 2.45) is 0 Å². The maximum atomic E-state index is 11.7. The molecule has 0 unspecified atom stereocenters. The summed E-state index contributed by atoms with van der Waals surface area (Å²) >= 11 is 2.34. The molecule has 0 aromatic heterocycles. The van der Waals surface area contributed by atoms with E-state index in [1.807, 2.05) is 24.3 Å². The average Bonchev–Trinajstić information content (AvgIpc) is 2.45. The number of alkyl halides is 1. The zero-order valence-corrected chi connectivity index (χ0v) is 13.1. The molecule has 20 heavy (non-hydrogen) atoms. The Morgan fingerprint density at radius 3 is 2.65 bits per heavy atom. The standard InChI is InChI=1S/C15H15IN2O2/c16-10-3-1-2-4-12-5-7-13(8-6-12)18-11-9-14(19)17-15(18)20/h5-8H,1,3,9-11H2,(H,17,19,20). The van der Waals surface area contributed by atoms with Crippen molar-refractivity contribution in [2.75, 3.05) is 15.9 Å². The summed E-state index contributed by atoms with van der Waals surface area (Å²) < 4.78 is 1.12. The molecule has 3 amide bonds. The van der Waals surface area contributed by atoms with E-state index in [4.69, 9.17) is 0 Å². The van der Waals surface area contributed by atoms with Crippen molar-refractivity contribution < 1.29 is 9.59 Å². The number of urea groups is 1. The van der Waals surface area contributed by atoms with E-state index in [0.29, 0.717) is 13.0 Å². The monoisotopic (exact) mass is 382 g/mol. The third-order valence-electron chi connectivity index (χ3n) is 2.90. The number of halogens is 1. The highest BCUT2D eigenvalue weighted by Gasteiger charge is 2.23. The smallest absolute Gasteiger partial charge is 0.294 e. The molecule has 104 valence electrons. The van der Waals surface area contributed by atoms with Crippen LogP contribution < -0.4 is 10.2 Å². The number of carbonyl (C=O) groups is 2. The lowest BCUT2D eigenvalue weighted by Crippen LogP contribution is -2.49. The first-order valence-electron chi connectivity index (χ1n) is 6.47. The van der Waals surface area contributed by atoms with Gasteiger partial charge in [0.1, 0.15) is 0 Å². The highest BCUT2D eigenvalue weighted by atomic mass is 127. The first-order chi connectivity index (χ1) is 9.70. The fourth-order valence-electron chi connectivity index (χ4n) is 1.85. The number of unbranched alkanes of at least 4 members (excludes halogenated alkanes) is 1. The average molecular weight is 382 g/mol. The Hall–Kier alpha value is -1.55. The van der Waals surface area contributed by atoms with Crippen LogP contribution in [0.4, 0.5) is 10.5 Å². The normalized spacial score (nSPS) is 14.6. The van der Waals surface area contributed by atoms with Crippen molar-refractivity contribution in [3.63, 3.8) is 0 Å². The lowest BCUT2D eigenvalue weighted by atomic mass is 10.1. The van der Waals surface area contributed by atoms with Gasteiger partial charge in [0.05, 0.1) is 0 Å². The van der Waals surface area contributed by atoms with Gasteiger partial charge in [0.2, 0.25) is 5.91 Å². The zero-order valence-electron chi connectivity index (χ0n) is 11.0. The van der Waals surface area contributed by atoms with Crippen LogP contribution in [-0.2, 0) is 4.79 Å². The van der Waals surface area contributed by atoms with Crippen molar-refractivity contribution in [3.05, 3.63) is 29.8 Å². The van der Waals surface area contributed by atoms with E-state index >= 15 is 0 Å². The molecular weight excluding hydrogens is 367 g/mol. The van der Waals surface area contributed by atoms with Crippen LogP contribution >= 0.6 is 22.6 Å². The number of carbonyl (C=O) groups excluding carboxylic acids is 2. The van der Waals surface area contributed by atoms with Crippen LogP contribution in [0.1, 0.15) is 24.8 Å². The molecule has 1 N–H and O–H groups in total. The Labute approximate surface area is 132 Å². The van der Waals surface area contributed by atoms with Crippen LogP contribution in [0.25, 0.3) is 0 Å². The highest BCUT2D eigenvalue weighted by molar-refractivity contribution is 14.1. The third-order valence-corrected chi connectivity index (χ3v) is 3.66. The topological polar surface area (TPSA) is 49.4 Å². The second kappa shape index (κ2) is 7.29. The van der Waals surface area contributed by atoms with Gasteiger partial charge in [0, 0.05) is 35.1 Å². The maximum absolute atomic E-state index is 11.7. The van der Waals surface area contributed by atoms with E-state index in [2.05, 4.69) is 39.7 Å². The Morgan fingerprint density at radius 1 is 1.25 bits per heavy atom. The van der Waals surface area contributed by atoms with Gasteiger partial charge >= 0.3 is 6.03 Å². The summed E-state index contributed by atoms with van der Waals surface area (Å²) in [7, 11) is 0. The molecule has 1 aliphatic rings. The molecule has 1 heterocycles. The Balaban J connectivity index is 2.02. The summed E-state index contributed by atoms with van der Waals surface area (Å²) in [5.74, 6) is 6.01. The summed E-state index contributed by atoms with van der Waals surface area (Å²) in [5, 5.41) is 2.31. The number of anilines is 1. The number of nitrogens with one attached hydrogen (secondary N) is 1. The molecule has 5 heteroatoms. The molecule has 0 aliphatic carbocycles. The van der Waals surface area contributed by atoms with Gasteiger partial charge in [-0.15, -0.1) is 0 Å². The molecule has 0 radical (unpaired) electrons. The fourth-order valence-corrected chi connectivity index (χ4v) is 2.24. The molecule has 1 aromatic carbocycles. The van der Waals surface area contributed by atoms with Gasteiger partial charge in [-0.1, -0.05) is 34.4 Å². The van der Waals surface area contributed by atoms with Crippen molar-refractivity contribution in [2.45, 2.75) is 19.3 Å². The molecular formula is C15H15IN2O2. The quantitative estimate of drug-likeness (QED) is 0.378. The largest absolute Gasteiger partial charge is 0.328 e. The lowest BCUT2D eigenvalue weighted by molar-refractivity contribution is -0.120. The summed E-state index contributed by atoms with van der Waals surface area (Å²) in [5.41, 5.74) is 1.73. The molecule has 4 nitrogen and oxygen atoms in total. The van der Waals surface area contributed by atoms with E-state index in [9.17, 15) is 9.59 Å². The number of amides is 3. The summed E-state index contributed by atoms with van der Waals surface area (Å²) in [6, 6.07) is 7.16. The van der Waals surface area contributed by atoms with E-state index in [-0.39, 0.29) is 11.9 Å². The lowest BCUT2D eigenvalue weighted by Gasteiger charge is -2.26. The summed E-state index contributed by atoms with van der Waals surface area (Å²) in [4.78, 5) is 24.4. The second-order valence-electron chi connectivity index (χ2n) is 4.40. The molecule has 0 atom stereocenters. The first-order valence-corrected chi connectivity index (χ1v) is 7.99. The minimum absolute atomic E-state index is 0.219. The first kappa shape index (κ1) is 14.9. The molecule has 1 fully saturated rings. The predicted molar refractivity (Wildman–Crippen MR) is 86.9 cm³/mol. The molecule has 2 rings (SSSR count). The summed E-state index contributed by atoms with van der Waals surface area (Å²) in [6.07, 6.45) is 2.35. The predicted octanol–water partition coefficient (Wildman–Crippen LogP) is 2.70. The van der Waals surface area contributed by atoms with Crippen LogP contribution in [0.2, 0.25) is 0 Å². The SMILES string of the molecule is O=C1CCN(c2ccc(C#CCCCI)cc2)C(=O)N1. The maximum Gasteiger partial charge on any atom is 0.328 e. The van der Waals surface area contributed by atoms with Gasteiger partial charge in [-0.2, -0.15) is 0 Å². The van der Waals surface area contributed by atoms with Crippen molar-refractivity contribution in [1.29, 1.82) is 0 Å². The third kappa shape index (κ3) is 3.97. The van der Waals surface area contributed by atoms with Gasteiger partial charge in [0.15, 0.2) is 0 Å². The Kier molecular flexibility index (Phi) is 5.41. The summed E-state index contributed by atoms with van der Waals surface area (Å²) in [6.45, 7) is 0.422. The zero-order chi connectivity index (χ0) is 14.4. The number of imide groups is 1. The van der Waals surface area contributed by atoms with Crippen LogP contribution in [0, 0.1) is 11.8 Å². The van der Waals surface area contributed by atoms with Crippen LogP contribution in [-0.4, -0.2) is 22.9 Å². The number of benzene rings is 1. The highest BCUT2D eigenvalue weighted by Crippen LogP contribution is 2.17. The van der Waals surface area contributed by atoms with Crippen molar-refractivity contribution >= 4 is 40.2 Å². The number of hydrogen-bond donors (Lipinski definition) is 1. The Bertz CT molecular complexity index is 557. The van der Waals surface area contributed by atoms with Gasteiger partial charge in [-0.05, 0) is 30.7 Å². The second-order valence-corrected chi connectivity index (χ2v) is 5.47. The molecule has 1 saturated heterocycles. The van der Waals surface area contributed by atoms with Crippen LogP contribution in [0.3, 0.4) is 0 Å². The number of hydrogen-bond acceptors (Lipinski definition) is 2. The number of nitrogens with zero attached hydrogens (tertiary/aromatic N) is 1. The van der Waals surface area contributed by atoms with E-state index in [1.165, 1.54) is 0 Å². The molecule has 1 aliphatic heterocycles. The molecule has 1 aromatic rings. The van der Waals surface area contributed by atoms with Crippen molar-refractivity contribution in [3.8, 4) is 11.8 Å². The molecule has 0 saturated carbocycles. The van der Waals surface area contributed by atoms with Gasteiger partial charge in [-0.25, -0.2) is 4.79 Å². The van der Waals surface area contributed by atoms with Gasteiger partial charge < -0.3 is 0 Å². The molecule has 0 spiro atoms. The minimum Gasteiger partial charge on any atom is -0.294 e. The van der Waals surface area contributed by atoms with E-state index < -0.39 is 0 Å². The van der Waals surface area contributed by atoms with E-state index in [1.54, 1.807) is 4.90 Å².